The normalized spacial score (nSPS) is 12.9. The second kappa shape index (κ2) is 8.51. The van der Waals surface area contributed by atoms with E-state index in [1.807, 2.05) is 13.8 Å². The Bertz CT molecular complexity index is 384. The monoisotopic (exact) mass is 287 g/mol. The fourth-order valence-corrected chi connectivity index (χ4v) is 2.01. The summed E-state index contributed by atoms with van der Waals surface area (Å²) in [7, 11) is 0. The second-order valence-corrected chi connectivity index (χ2v) is 5.36. The molecule has 0 aromatic heterocycles. The van der Waals surface area contributed by atoms with Crippen LogP contribution in [-0.2, 0) is 11.2 Å². The van der Waals surface area contributed by atoms with Crippen molar-refractivity contribution in [2.45, 2.75) is 45.8 Å². The number of rotatable bonds is 8. The molecule has 0 saturated carbocycles. The Kier molecular flexibility index (Phi) is 7.36. The van der Waals surface area contributed by atoms with E-state index < -0.39 is 0 Å². The van der Waals surface area contributed by atoms with E-state index in [0.29, 0.717) is 18.6 Å². The average molecular weight is 288 g/mol. The van der Waals surface area contributed by atoms with Crippen LogP contribution in [0.4, 0.5) is 4.39 Å². The summed E-state index contributed by atoms with van der Waals surface area (Å²) in [5, 5.41) is 3.56. The number of ether oxygens (including phenoxy) is 1. The van der Waals surface area contributed by atoms with Gasteiger partial charge in [-0.15, -0.1) is 0 Å². The van der Waals surface area contributed by atoms with Gasteiger partial charge in [-0.05, 0) is 44.9 Å². The predicted molar refractivity (Wildman–Crippen MR) is 78.3 cm³/mol. The zero-order valence-electron chi connectivity index (χ0n) is 11.9. The van der Waals surface area contributed by atoms with Crippen molar-refractivity contribution in [3.63, 3.8) is 0 Å². The molecule has 0 aliphatic carbocycles. The number of hydrogen-bond donors (Lipinski definition) is 1. The van der Waals surface area contributed by atoms with Crippen LogP contribution < -0.4 is 5.32 Å². The topological polar surface area (TPSA) is 21.3 Å². The lowest BCUT2D eigenvalue weighted by Gasteiger charge is -2.20. The van der Waals surface area contributed by atoms with Gasteiger partial charge in [-0.2, -0.15) is 0 Å². The van der Waals surface area contributed by atoms with Crippen molar-refractivity contribution in [2.24, 2.45) is 0 Å². The van der Waals surface area contributed by atoms with Gasteiger partial charge in [-0.25, -0.2) is 4.39 Å². The average Bonchev–Trinajstić information content (AvgIpc) is 2.37. The maximum atomic E-state index is 13.9. The van der Waals surface area contributed by atoms with Crippen molar-refractivity contribution in [3.05, 3.63) is 34.6 Å². The lowest BCUT2D eigenvalue weighted by atomic mass is 10.1. The van der Waals surface area contributed by atoms with Crippen LogP contribution in [0.3, 0.4) is 0 Å². The molecule has 1 unspecified atom stereocenters. The molecule has 0 saturated heterocycles. The molecule has 108 valence electrons. The van der Waals surface area contributed by atoms with Gasteiger partial charge in [0.2, 0.25) is 0 Å². The number of nitrogens with one attached hydrogen (secondary N) is 1. The van der Waals surface area contributed by atoms with Gasteiger partial charge >= 0.3 is 0 Å². The standard InChI is InChI=1S/C15H23ClFNO/c1-4-8-18-13(10-19-11(2)3)9-12-6-5-7-14(16)15(12)17/h5-7,11,13,18H,4,8-10H2,1-3H3. The minimum atomic E-state index is -0.322. The summed E-state index contributed by atoms with van der Waals surface area (Å²) < 4.78 is 19.5. The maximum absolute atomic E-state index is 13.9. The number of halogens is 2. The van der Waals surface area contributed by atoms with Crippen LogP contribution in [-0.4, -0.2) is 25.3 Å². The van der Waals surface area contributed by atoms with E-state index in [4.69, 9.17) is 16.3 Å². The molecule has 0 heterocycles. The molecular formula is C15H23ClFNO. The van der Waals surface area contributed by atoms with Crippen molar-refractivity contribution >= 4 is 11.6 Å². The third kappa shape index (κ3) is 5.89. The van der Waals surface area contributed by atoms with Crippen molar-refractivity contribution in [3.8, 4) is 0 Å². The molecule has 0 radical (unpaired) electrons. The van der Waals surface area contributed by atoms with Crippen molar-refractivity contribution in [2.75, 3.05) is 13.2 Å². The molecule has 4 heteroatoms. The second-order valence-electron chi connectivity index (χ2n) is 4.95. The lowest BCUT2D eigenvalue weighted by molar-refractivity contribution is 0.0611. The van der Waals surface area contributed by atoms with Crippen molar-refractivity contribution < 1.29 is 9.13 Å². The van der Waals surface area contributed by atoms with E-state index in [0.717, 1.165) is 13.0 Å². The predicted octanol–water partition coefficient (Wildman–Crippen LogP) is 3.81. The highest BCUT2D eigenvalue weighted by Gasteiger charge is 2.14. The Morgan fingerprint density at radius 3 is 2.74 bits per heavy atom. The molecule has 0 spiro atoms. The zero-order valence-corrected chi connectivity index (χ0v) is 12.6. The van der Waals surface area contributed by atoms with Crippen LogP contribution >= 0.6 is 11.6 Å². The first-order valence-corrected chi connectivity index (χ1v) is 7.20. The van der Waals surface area contributed by atoms with Gasteiger partial charge in [0.15, 0.2) is 0 Å². The molecule has 1 rings (SSSR count). The SMILES string of the molecule is CCCNC(COC(C)C)Cc1cccc(Cl)c1F. The summed E-state index contributed by atoms with van der Waals surface area (Å²) in [5.74, 6) is -0.322. The van der Waals surface area contributed by atoms with Gasteiger partial charge in [0.1, 0.15) is 5.82 Å². The fraction of sp³-hybridized carbons (Fsp3) is 0.600. The molecule has 1 N–H and O–H groups in total. The van der Waals surface area contributed by atoms with Gasteiger partial charge in [0, 0.05) is 6.04 Å². The summed E-state index contributed by atoms with van der Waals surface area (Å²) in [5.41, 5.74) is 0.633. The van der Waals surface area contributed by atoms with E-state index in [-0.39, 0.29) is 23.0 Å². The largest absolute Gasteiger partial charge is 0.377 e. The molecule has 0 aliphatic rings. The molecule has 0 fully saturated rings. The highest BCUT2D eigenvalue weighted by molar-refractivity contribution is 6.30. The smallest absolute Gasteiger partial charge is 0.145 e. The van der Waals surface area contributed by atoms with Crippen LogP contribution in [0.15, 0.2) is 18.2 Å². The van der Waals surface area contributed by atoms with E-state index in [1.54, 1.807) is 18.2 Å². The molecule has 1 atom stereocenters. The quantitative estimate of drug-likeness (QED) is 0.785. The number of hydrogen-bond acceptors (Lipinski definition) is 2. The fourth-order valence-electron chi connectivity index (χ4n) is 1.82. The van der Waals surface area contributed by atoms with Crippen LogP contribution in [0.5, 0.6) is 0 Å². The molecule has 0 amide bonds. The van der Waals surface area contributed by atoms with Gasteiger partial charge in [-0.3, -0.25) is 0 Å². The summed E-state index contributed by atoms with van der Waals surface area (Å²) in [4.78, 5) is 0. The van der Waals surface area contributed by atoms with Gasteiger partial charge < -0.3 is 10.1 Å². The Morgan fingerprint density at radius 1 is 1.37 bits per heavy atom. The van der Waals surface area contributed by atoms with Gasteiger partial charge in [0.05, 0.1) is 17.7 Å². The van der Waals surface area contributed by atoms with Crippen molar-refractivity contribution in [1.29, 1.82) is 0 Å². The highest BCUT2D eigenvalue weighted by Crippen LogP contribution is 2.19. The van der Waals surface area contributed by atoms with Crippen molar-refractivity contribution in [1.82, 2.24) is 5.32 Å². The summed E-state index contributed by atoms with van der Waals surface area (Å²) in [6.07, 6.45) is 1.80. The zero-order chi connectivity index (χ0) is 14.3. The van der Waals surface area contributed by atoms with E-state index in [2.05, 4.69) is 12.2 Å². The van der Waals surface area contributed by atoms with Crippen LogP contribution in [0.25, 0.3) is 0 Å². The molecule has 1 aromatic rings. The molecule has 2 nitrogen and oxygen atoms in total. The molecule has 19 heavy (non-hydrogen) atoms. The number of benzene rings is 1. The lowest BCUT2D eigenvalue weighted by Crippen LogP contribution is -2.37. The first-order chi connectivity index (χ1) is 9.04. The molecule has 0 aliphatic heterocycles. The van der Waals surface area contributed by atoms with Crippen LogP contribution in [0.2, 0.25) is 5.02 Å². The highest BCUT2D eigenvalue weighted by atomic mass is 35.5. The summed E-state index contributed by atoms with van der Waals surface area (Å²) in [6, 6.07) is 5.23. The minimum absolute atomic E-state index is 0.107. The van der Waals surface area contributed by atoms with Gasteiger partial charge in [-0.1, -0.05) is 30.7 Å². The van der Waals surface area contributed by atoms with Crippen LogP contribution in [0, 0.1) is 5.82 Å². The Balaban J connectivity index is 2.66. The Morgan fingerprint density at radius 2 is 2.11 bits per heavy atom. The summed E-state index contributed by atoms with van der Waals surface area (Å²) in [6.45, 7) is 7.57. The molecular weight excluding hydrogens is 265 g/mol. The summed E-state index contributed by atoms with van der Waals surface area (Å²) >= 11 is 5.80. The van der Waals surface area contributed by atoms with Gasteiger partial charge in [0.25, 0.3) is 0 Å². The molecule has 0 bridgehead atoms. The van der Waals surface area contributed by atoms with E-state index in [9.17, 15) is 4.39 Å². The Hall–Kier alpha value is -0.640. The first kappa shape index (κ1) is 16.4. The minimum Gasteiger partial charge on any atom is -0.377 e. The third-order valence-electron chi connectivity index (χ3n) is 2.81. The van der Waals surface area contributed by atoms with E-state index in [1.165, 1.54) is 0 Å². The Labute approximate surface area is 120 Å². The maximum Gasteiger partial charge on any atom is 0.145 e. The first-order valence-electron chi connectivity index (χ1n) is 6.82. The van der Waals surface area contributed by atoms with Crippen LogP contribution in [0.1, 0.15) is 32.8 Å². The van der Waals surface area contributed by atoms with E-state index >= 15 is 0 Å². The molecule has 1 aromatic carbocycles. The third-order valence-corrected chi connectivity index (χ3v) is 3.10.